The Hall–Kier alpha value is -3.41. The lowest BCUT2D eigenvalue weighted by Crippen LogP contribution is -2.54. The molecule has 2 aliphatic heterocycles. The summed E-state index contributed by atoms with van der Waals surface area (Å²) in [6, 6.07) is 10.7. The summed E-state index contributed by atoms with van der Waals surface area (Å²) >= 11 is 0. The topological polar surface area (TPSA) is 69.7 Å². The number of nitrogens with zero attached hydrogens (tertiary/aromatic N) is 2. The Morgan fingerprint density at radius 3 is 2.19 bits per heavy atom. The molecule has 4 amide bonds. The number of hydrogen-bond donors (Lipinski definition) is 1. The van der Waals surface area contributed by atoms with Crippen LogP contribution in [0.15, 0.2) is 42.0 Å². The molecule has 0 unspecified atom stereocenters. The van der Waals surface area contributed by atoms with Crippen molar-refractivity contribution in [1.29, 1.82) is 0 Å². The maximum atomic E-state index is 13.1. The number of piperidine rings is 1. The van der Waals surface area contributed by atoms with Crippen molar-refractivity contribution in [2.24, 2.45) is 0 Å². The molecule has 6 heteroatoms. The van der Waals surface area contributed by atoms with Gasteiger partial charge in [-0.3, -0.25) is 14.9 Å². The van der Waals surface area contributed by atoms with Crippen LogP contribution in [0.25, 0.3) is 6.08 Å². The SMILES string of the molecule is Cc1cc(C)cc(N2C(=O)NC(=O)/C(=C\c3ccc(N4CCCCC4)c(C)c3)C2=O)c1. The van der Waals surface area contributed by atoms with Gasteiger partial charge < -0.3 is 4.90 Å². The highest BCUT2D eigenvalue weighted by Gasteiger charge is 2.37. The highest BCUT2D eigenvalue weighted by atomic mass is 16.2. The molecule has 2 fully saturated rings. The number of anilines is 2. The fourth-order valence-electron chi connectivity index (χ4n) is 4.40. The van der Waals surface area contributed by atoms with Crippen molar-refractivity contribution in [2.75, 3.05) is 22.9 Å². The van der Waals surface area contributed by atoms with Crippen LogP contribution in [0, 0.1) is 20.8 Å². The van der Waals surface area contributed by atoms with E-state index in [9.17, 15) is 14.4 Å². The zero-order valence-corrected chi connectivity index (χ0v) is 18.2. The average molecular weight is 418 g/mol. The number of nitrogens with one attached hydrogen (secondary N) is 1. The van der Waals surface area contributed by atoms with Crippen LogP contribution in [-0.4, -0.2) is 30.9 Å². The summed E-state index contributed by atoms with van der Waals surface area (Å²) in [5, 5.41) is 2.30. The summed E-state index contributed by atoms with van der Waals surface area (Å²) in [5.41, 5.74) is 5.31. The monoisotopic (exact) mass is 417 g/mol. The number of barbiturate groups is 1. The first-order chi connectivity index (χ1) is 14.8. The van der Waals surface area contributed by atoms with E-state index >= 15 is 0 Å². The third kappa shape index (κ3) is 4.24. The standard InChI is InChI=1S/C25H27N3O3/c1-16-11-17(2)13-20(12-16)28-24(30)21(23(29)26-25(28)31)15-19-7-8-22(18(3)14-19)27-9-5-4-6-10-27/h7-8,11-15H,4-6,9-10H2,1-3H3,(H,26,29,31)/b21-15+. The molecule has 0 spiro atoms. The van der Waals surface area contributed by atoms with Crippen molar-refractivity contribution in [3.63, 3.8) is 0 Å². The first-order valence-corrected chi connectivity index (χ1v) is 10.7. The minimum absolute atomic E-state index is 0.0520. The van der Waals surface area contributed by atoms with Gasteiger partial charge in [0.25, 0.3) is 11.8 Å². The second-order valence-corrected chi connectivity index (χ2v) is 8.40. The summed E-state index contributed by atoms with van der Waals surface area (Å²) < 4.78 is 0. The van der Waals surface area contributed by atoms with Gasteiger partial charge in [-0.1, -0.05) is 12.1 Å². The first kappa shape index (κ1) is 20.8. The van der Waals surface area contributed by atoms with Crippen LogP contribution < -0.4 is 15.1 Å². The number of aryl methyl sites for hydroxylation is 3. The van der Waals surface area contributed by atoms with Crippen molar-refractivity contribution in [3.05, 3.63) is 64.2 Å². The quantitative estimate of drug-likeness (QED) is 0.598. The zero-order valence-electron chi connectivity index (χ0n) is 18.2. The molecule has 6 nitrogen and oxygen atoms in total. The number of rotatable bonds is 3. The van der Waals surface area contributed by atoms with Crippen molar-refractivity contribution in [2.45, 2.75) is 40.0 Å². The summed E-state index contributed by atoms with van der Waals surface area (Å²) in [5.74, 6) is -1.29. The van der Waals surface area contributed by atoms with Gasteiger partial charge in [-0.25, -0.2) is 9.69 Å². The molecule has 2 heterocycles. The van der Waals surface area contributed by atoms with E-state index in [1.54, 1.807) is 18.2 Å². The van der Waals surface area contributed by atoms with Crippen LogP contribution >= 0.6 is 0 Å². The fraction of sp³-hybridized carbons (Fsp3) is 0.320. The minimum atomic E-state index is -0.728. The number of carbonyl (C=O) groups excluding carboxylic acids is 3. The molecule has 0 aliphatic carbocycles. The molecule has 31 heavy (non-hydrogen) atoms. The Balaban J connectivity index is 1.66. The largest absolute Gasteiger partial charge is 0.371 e. The van der Waals surface area contributed by atoms with E-state index in [1.165, 1.54) is 24.9 Å². The summed E-state index contributed by atoms with van der Waals surface area (Å²) in [4.78, 5) is 41.5. The van der Waals surface area contributed by atoms with Gasteiger partial charge >= 0.3 is 6.03 Å². The highest BCUT2D eigenvalue weighted by molar-refractivity contribution is 6.39. The molecule has 1 N–H and O–H groups in total. The van der Waals surface area contributed by atoms with Crippen molar-refractivity contribution in [3.8, 4) is 0 Å². The van der Waals surface area contributed by atoms with Crippen LogP contribution in [0.2, 0.25) is 0 Å². The van der Waals surface area contributed by atoms with E-state index in [4.69, 9.17) is 0 Å². The molecule has 0 atom stereocenters. The van der Waals surface area contributed by atoms with E-state index in [1.807, 2.05) is 45.0 Å². The fourth-order valence-corrected chi connectivity index (χ4v) is 4.40. The van der Waals surface area contributed by atoms with Gasteiger partial charge in [0.15, 0.2) is 0 Å². The number of hydrogen-bond acceptors (Lipinski definition) is 4. The maximum Gasteiger partial charge on any atom is 0.335 e. The predicted molar refractivity (Wildman–Crippen MR) is 122 cm³/mol. The lowest BCUT2D eigenvalue weighted by molar-refractivity contribution is -0.122. The Morgan fingerprint density at radius 1 is 0.871 bits per heavy atom. The molecule has 0 bridgehead atoms. The molecular formula is C25H27N3O3. The maximum absolute atomic E-state index is 13.1. The third-order valence-electron chi connectivity index (χ3n) is 5.79. The molecule has 2 aromatic rings. The molecule has 4 rings (SSSR count). The number of amides is 4. The van der Waals surface area contributed by atoms with Gasteiger partial charge in [0.05, 0.1) is 5.69 Å². The molecular weight excluding hydrogens is 390 g/mol. The lowest BCUT2D eigenvalue weighted by Gasteiger charge is -2.30. The van der Waals surface area contributed by atoms with Crippen molar-refractivity contribution in [1.82, 2.24) is 5.32 Å². The first-order valence-electron chi connectivity index (χ1n) is 10.7. The van der Waals surface area contributed by atoms with Gasteiger partial charge in [-0.15, -0.1) is 0 Å². The third-order valence-corrected chi connectivity index (χ3v) is 5.79. The number of carbonyl (C=O) groups is 3. The summed E-state index contributed by atoms with van der Waals surface area (Å²) in [7, 11) is 0. The van der Waals surface area contributed by atoms with Gasteiger partial charge in [0, 0.05) is 18.8 Å². The summed E-state index contributed by atoms with van der Waals surface area (Å²) in [6.07, 6.45) is 5.23. The number of urea groups is 1. The minimum Gasteiger partial charge on any atom is -0.371 e. The second kappa shape index (κ2) is 8.38. The highest BCUT2D eigenvalue weighted by Crippen LogP contribution is 2.27. The normalized spacial score (nSPS) is 18.5. The number of benzene rings is 2. The van der Waals surface area contributed by atoms with Gasteiger partial charge in [0.2, 0.25) is 0 Å². The van der Waals surface area contributed by atoms with Gasteiger partial charge in [-0.2, -0.15) is 0 Å². The second-order valence-electron chi connectivity index (χ2n) is 8.40. The van der Waals surface area contributed by atoms with E-state index in [-0.39, 0.29) is 5.57 Å². The van der Waals surface area contributed by atoms with Crippen LogP contribution in [0.5, 0.6) is 0 Å². The molecule has 160 valence electrons. The van der Waals surface area contributed by atoms with Crippen LogP contribution in [0.1, 0.15) is 41.5 Å². The molecule has 0 saturated carbocycles. The van der Waals surface area contributed by atoms with Gasteiger partial charge in [0.1, 0.15) is 5.57 Å². The van der Waals surface area contributed by atoms with Crippen molar-refractivity contribution < 1.29 is 14.4 Å². The predicted octanol–water partition coefficient (Wildman–Crippen LogP) is 4.27. The molecule has 0 radical (unpaired) electrons. The van der Waals surface area contributed by atoms with Crippen molar-refractivity contribution >= 4 is 35.3 Å². The van der Waals surface area contributed by atoms with Crippen LogP contribution in [-0.2, 0) is 9.59 Å². The number of imide groups is 2. The molecule has 2 aromatic carbocycles. The van der Waals surface area contributed by atoms with E-state index in [0.29, 0.717) is 5.69 Å². The van der Waals surface area contributed by atoms with E-state index in [0.717, 1.165) is 40.2 Å². The molecule has 0 aromatic heterocycles. The Labute approximate surface area is 182 Å². The lowest BCUT2D eigenvalue weighted by atomic mass is 10.0. The van der Waals surface area contributed by atoms with Gasteiger partial charge in [-0.05, 0) is 92.6 Å². The average Bonchev–Trinajstić information content (AvgIpc) is 2.71. The Morgan fingerprint density at radius 2 is 1.55 bits per heavy atom. The van der Waals surface area contributed by atoms with E-state index < -0.39 is 17.8 Å². The van der Waals surface area contributed by atoms with E-state index in [2.05, 4.69) is 10.2 Å². The van der Waals surface area contributed by atoms with Crippen LogP contribution in [0.3, 0.4) is 0 Å². The molecule has 2 saturated heterocycles. The zero-order chi connectivity index (χ0) is 22.1. The van der Waals surface area contributed by atoms with Crippen LogP contribution in [0.4, 0.5) is 16.2 Å². The smallest absolute Gasteiger partial charge is 0.335 e. The Bertz CT molecular complexity index is 1080. The summed E-state index contributed by atoms with van der Waals surface area (Å²) in [6.45, 7) is 7.94. The Kier molecular flexibility index (Phi) is 5.63. The molecule has 2 aliphatic rings.